The molecule has 0 spiro atoms. The number of carboxylic acids is 1. The van der Waals surface area contributed by atoms with E-state index in [1.54, 1.807) is 12.1 Å². The number of fused-ring (bicyclic) bond motifs is 1. The van der Waals surface area contributed by atoms with Crippen molar-refractivity contribution in [3.63, 3.8) is 0 Å². The topological polar surface area (TPSA) is 167 Å². The van der Waals surface area contributed by atoms with Crippen LogP contribution in [0.1, 0.15) is 34.5 Å². The van der Waals surface area contributed by atoms with E-state index in [-0.39, 0.29) is 34.9 Å². The molecule has 0 aromatic heterocycles. The van der Waals surface area contributed by atoms with E-state index in [0.29, 0.717) is 15.6 Å². The van der Waals surface area contributed by atoms with E-state index < -0.39 is 46.1 Å². The molecule has 2 heterocycles. The number of carbonyl (C=O) groups is 4. The van der Waals surface area contributed by atoms with Crippen LogP contribution in [0.2, 0.25) is 0 Å². The summed E-state index contributed by atoms with van der Waals surface area (Å²) in [5.41, 5.74) is -1.01. The molecule has 2 aliphatic rings. The molecule has 204 valence electrons. The van der Waals surface area contributed by atoms with E-state index >= 15 is 0 Å². The Balaban J connectivity index is 1.64. The Morgan fingerprint density at radius 2 is 1.70 bits per heavy atom. The van der Waals surface area contributed by atoms with E-state index in [0.717, 1.165) is 4.90 Å². The quantitative estimate of drug-likeness (QED) is 0.157. The molecule has 12 heteroatoms. The van der Waals surface area contributed by atoms with Crippen molar-refractivity contribution in [1.29, 1.82) is 0 Å². The van der Waals surface area contributed by atoms with Crippen molar-refractivity contribution < 1.29 is 34.3 Å². The molecule has 11 nitrogen and oxygen atoms in total. The van der Waals surface area contributed by atoms with Gasteiger partial charge in [0, 0.05) is 40.2 Å². The first-order chi connectivity index (χ1) is 18.9. The van der Waals surface area contributed by atoms with E-state index in [1.807, 2.05) is 0 Å². The Bertz CT molecular complexity index is 1570. The van der Waals surface area contributed by atoms with Crippen molar-refractivity contribution in [2.24, 2.45) is 11.8 Å². The summed E-state index contributed by atoms with van der Waals surface area (Å²) in [5, 5.41) is 35.4. The number of anilines is 1. The molecule has 3 N–H and O–H groups in total. The number of phenolic OH excluding ortho intramolecular Hbond substituents is 1. The van der Waals surface area contributed by atoms with Gasteiger partial charge >= 0.3 is 5.97 Å². The fourth-order valence-electron chi connectivity index (χ4n) is 5.64. The van der Waals surface area contributed by atoms with Gasteiger partial charge in [-0.25, -0.2) is 4.90 Å². The summed E-state index contributed by atoms with van der Waals surface area (Å²) in [6.45, 7) is 1.38. The fourth-order valence-corrected chi connectivity index (χ4v) is 6.02. The predicted molar refractivity (Wildman–Crippen MR) is 145 cm³/mol. The maximum atomic E-state index is 14.0. The summed E-state index contributed by atoms with van der Waals surface area (Å²) in [6.07, 6.45) is -0.275. The van der Waals surface area contributed by atoms with Gasteiger partial charge in [-0.15, -0.1) is 0 Å². The smallest absolute Gasteiger partial charge is 0.325 e. The molecule has 3 aromatic rings. The number of rotatable bonds is 7. The van der Waals surface area contributed by atoms with Crippen LogP contribution in [-0.2, 0) is 20.8 Å². The van der Waals surface area contributed by atoms with Gasteiger partial charge in [0.05, 0.1) is 22.4 Å². The molecule has 2 fully saturated rings. The number of carboxylic acid groups (broad SMARTS) is 1. The zero-order valence-electron chi connectivity index (χ0n) is 20.9. The lowest BCUT2D eigenvalue weighted by molar-refractivity contribution is -0.384. The number of benzene rings is 3. The molecule has 2 saturated heterocycles. The Hall–Kier alpha value is -4.42. The zero-order chi connectivity index (χ0) is 28.9. The fraction of sp³-hybridized carbons (Fsp3) is 0.214. The summed E-state index contributed by atoms with van der Waals surface area (Å²) >= 11 is 3.34. The van der Waals surface area contributed by atoms with E-state index in [4.69, 9.17) is 0 Å². The van der Waals surface area contributed by atoms with Crippen LogP contribution in [0.5, 0.6) is 5.75 Å². The molecule has 2 amide bonds. The Labute approximate surface area is 235 Å². The molecule has 0 saturated carbocycles. The minimum atomic E-state index is -2.00. The maximum Gasteiger partial charge on any atom is 0.325 e. The number of halogens is 1. The number of nitrogens with one attached hydrogen (secondary N) is 1. The number of aliphatic carboxylic acids is 1. The monoisotopic (exact) mass is 607 g/mol. The van der Waals surface area contributed by atoms with E-state index in [2.05, 4.69) is 21.2 Å². The van der Waals surface area contributed by atoms with Crippen molar-refractivity contribution in [1.82, 2.24) is 5.32 Å². The lowest BCUT2D eigenvalue weighted by atomic mass is 9.76. The van der Waals surface area contributed by atoms with Crippen molar-refractivity contribution in [2.75, 3.05) is 4.90 Å². The summed E-state index contributed by atoms with van der Waals surface area (Å²) < 4.78 is 0.565. The summed E-state index contributed by atoms with van der Waals surface area (Å²) in [6, 6.07) is 14.6. The third-order valence-electron chi connectivity index (χ3n) is 7.52. The lowest BCUT2D eigenvalue weighted by Crippen LogP contribution is -2.57. The Morgan fingerprint density at radius 3 is 2.27 bits per heavy atom. The third-order valence-corrected chi connectivity index (χ3v) is 8.02. The highest BCUT2D eigenvalue weighted by molar-refractivity contribution is 9.10. The van der Waals surface area contributed by atoms with Gasteiger partial charge in [0.15, 0.2) is 5.78 Å². The summed E-state index contributed by atoms with van der Waals surface area (Å²) in [5.74, 6) is -5.79. The molecule has 2 aliphatic heterocycles. The van der Waals surface area contributed by atoms with Gasteiger partial charge in [-0.05, 0) is 55.0 Å². The zero-order valence-corrected chi connectivity index (χ0v) is 22.5. The largest absolute Gasteiger partial charge is 0.508 e. The van der Waals surface area contributed by atoms with Crippen LogP contribution in [0.4, 0.5) is 11.4 Å². The molecule has 4 unspecified atom stereocenters. The van der Waals surface area contributed by atoms with Crippen LogP contribution >= 0.6 is 15.9 Å². The number of Topliss-reactive ketones (excluding diaryl/α,β-unsaturated/α-hetero) is 1. The molecule has 0 aliphatic carbocycles. The highest BCUT2D eigenvalue weighted by atomic mass is 79.9. The van der Waals surface area contributed by atoms with Crippen molar-refractivity contribution in [2.45, 2.75) is 24.9 Å². The second kappa shape index (κ2) is 9.96. The van der Waals surface area contributed by atoms with Crippen molar-refractivity contribution in [3.05, 3.63) is 98.0 Å². The minimum absolute atomic E-state index is 0.182. The first kappa shape index (κ1) is 27.2. The van der Waals surface area contributed by atoms with Gasteiger partial charge in [-0.3, -0.25) is 34.6 Å². The number of hydrogen-bond acceptors (Lipinski definition) is 8. The number of nitro benzene ring substituents is 1. The standard InChI is InChI=1S/C28H22BrN3O8/c1-14(33)16-4-9-18(10-5-16)31-25(35)22-23(26(31)36)28(27(37)38,13-15-2-7-19(8-3-15)32(39)40)30-24(22)20-12-17(29)6-11-21(20)34/h2-12,22-24,30,34H,13H2,1H3,(H,37,38). The molecule has 5 rings (SSSR count). The van der Waals surface area contributed by atoms with Crippen LogP contribution in [0.3, 0.4) is 0 Å². The number of non-ortho nitro benzene ring substituents is 1. The number of aromatic hydroxyl groups is 1. The molecular weight excluding hydrogens is 586 g/mol. The number of imide groups is 1. The van der Waals surface area contributed by atoms with Crippen LogP contribution in [0, 0.1) is 22.0 Å². The number of ketones is 1. The van der Waals surface area contributed by atoms with Gasteiger partial charge in [-0.2, -0.15) is 0 Å². The number of hydrogen-bond donors (Lipinski definition) is 3. The van der Waals surface area contributed by atoms with Gasteiger partial charge in [0.1, 0.15) is 11.3 Å². The first-order valence-electron chi connectivity index (χ1n) is 12.2. The summed E-state index contributed by atoms with van der Waals surface area (Å²) in [7, 11) is 0. The van der Waals surface area contributed by atoms with E-state index in [1.165, 1.54) is 61.5 Å². The van der Waals surface area contributed by atoms with Gasteiger partial charge in [-0.1, -0.05) is 28.1 Å². The SMILES string of the molecule is CC(=O)c1ccc(N2C(=O)C3C(c4cc(Br)ccc4O)NC(Cc4ccc([N+](=O)[O-])cc4)(C(=O)O)C3C2=O)cc1. The molecule has 0 radical (unpaired) electrons. The molecular formula is C28H22BrN3O8. The minimum Gasteiger partial charge on any atom is -0.508 e. The number of amides is 2. The van der Waals surface area contributed by atoms with Crippen molar-refractivity contribution >= 4 is 50.9 Å². The molecule has 4 atom stereocenters. The van der Waals surface area contributed by atoms with Gasteiger partial charge < -0.3 is 10.2 Å². The van der Waals surface area contributed by atoms with Crippen LogP contribution in [0.25, 0.3) is 0 Å². The highest BCUT2D eigenvalue weighted by Crippen LogP contribution is 2.52. The van der Waals surface area contributed by atoms with E-state index in [9.17, 15) is 39.5 Å². The Kier molecular flexibility index (Phi) is 6.76. The second-order valence-corrected chi connectivity index (χ2v) is 10.7. The van der Waals surface area contributed by atoms with Crippen LogP contribution in [-0.4, -0.2) is 44.2 Å². The Morgan fingerprint density at radius 1 is 1.05 bits per heavy atom. The number of carbonyl (C=O) groups excluding carboxylic acids is 3. The predicted octanol–water partition coefficient (Wildman–Crippen LogP) is 3.78. The number of phenols is 1. The average Bonchev–Trinajstić information content (AvgIpc) is 3.39. The number of nitro groups is 1. The number of nitrogens with zero attached hydrogens (tertiary/aromatic N) is 2. The van der Waals surface area contributed by atoms with Crippen molar-refractivity contribution in [3.8, 4) is 5.75 Å². The first-order valence-corrected chi connectivity index (χ1v) is 13.0. The van der Waals surface area contributed by atoms with Gasteiger partial charge in [0.25, 0.3) is 5.69 Å². The second-order valence-electron chi connectivity index (χ2n) is 9.82. The van der Waals surface area contributed by atoms with Gasteiger partial charge in [0.2, 0.25) is 11.8 Å². The lowest BCUT2D eigenvalue weighted by Gasteiger charge is -2.31. The molecule has 40 heavy (non-hydrogen) atoms. The average molecular weight is 608 g/mol. The third kappa shape index (κ3) is 4.34. The maximum absolute atomic E-state index is 14.0. The normalized spacial score (nSPS) is 23.8. The molecule has 3 aromatic carbocycles. The summed E-state index contributed by atoms with van der Waals surface area (Å²) in [4.78, 5) is 64.1. The van der Waals surface area contributed by atoms with Crippen LogP contribution < -0.4 is 10.2 Å². The molecule has 0 bridgehead atoms. The highest BCUT2D eigenvalue weighted by Gasteiger charge is 2.69. The van der Waals surface area contributed by atoms with Crippen LogP contribution in [0.15, 0.2) is 71.2 Å².